The van der Waals surface area contributed by atoms with Crippen molar-refractivity contribution in [3.63, 3.8) is 0 Å². The summed E-state index contributed by atoms with van der Waals surface area (Å²) in [6.07, 6.45) is 2.16. The fourth-order valence-electron chi connectivity index (χ4n) is 3.72. The predicted octanol–water partition coefficient (Wildman–Crippen LogP) is 3.46. The zero-order valence-corrected chi connectivity index (χ0v) is 17.1. The van der Waals surface area contributed by atoms with E-state index in [1.807, 2.05) is 30.3 Å². The highest BCUT2D eigenvalue weighted by atomic mass is 16.5. The summed E-state index contributed by atoms with van der Waals surface area (Å²) in [6, 6.07) is 14.6. The van der Waals surface area contributed by atoms with E-state index in [4.69, 9.17) is 9.72 Å². The van der Waals surface area contributed by atoms with Crippen LogP contribution in [0.3, 0.4) is 0 Å². The molecule has 30 heavy (non-hydrogen) atoms. The third-order valence-electron chi connectivity index (χ3n) is 5.29. The zero-order valence-electron chi connectivity index (χ0n) is 17.1. The number of methoxy groups -OCH3 is 1. The molecule has 0 aliphatic carbocycles. The van der Waals surface area contributed by atoms with E-state index in [9.17, 15) is 9.59 Å². The highest BCUT2D eigenvalue weighted by Gasteiger charge is 2.23. The molecule has 1 fully saturated rings. The topological polar surface area (TPSA) is 83.6 Å². The number of carbonyl (C=O) groups excluding carboxylic acids is 2. The van der Waals surface area contributed by atoms with Gasteiger partial charge in [-0.2, -0.15) is 0 Å². The van der Waals surface area contributed by atoms with Crippen LogP contribution in [0.25, 0.3) is 10.9 Å². The molecule has 2 aromatic carbocycles. The number of nitrogens with zero attached hydrogens (tertiary/aromatic N) is 2. The van der Waals surface area contributed by atoms with Gasteiger partial charge in [-0.25, -0.2) is 4.98 Å². The Balaban J connectivity index is 1.74. The quantitative estimate of drug-likeness (QED) is 0.681. The number of amides is 2. The molecule has 1 saturated heterocycles. The standard InChI is InChI=1S/C23H24N4O3/c1-24-22(28)16-9-10-20(30-2)19(14-16)26-23(29)17-13-15-7-3-4-8-18(15)25-21(17)27-11-5-6-12-27/h3-4,7-10,13-14H,5-6,11-12H2,1-2H3,(H,24,28)(H,26,29). The fraction of sp³-hybridized carbons (Fsp3) is 0.261. The Hall–Kier alpha value is -3.61. The maximum absolute atomic E-state index is 13.3. The molecular weight excluding hydrogens is 380 g/mol. The second-order valence-corrected chi connectivity index (χ2v) is 7.19. The van der Waals surface area contributed by atoms with Crippen molar-refractivity contribution in [2.75, 3.05) is 37.5 Å². The fourth-order valence-corrected chi connectivity index (χ4v) is 3.72. The lowest BCUT2D eigenvalue weighted by Crippen LogP contribution is -2.24. The number of hydrogen-bond acceptors (Lipinski definition) is 5. The monoisotopic (exact) mass is 404 g/mol. The Labute approximate surface area is 175 Å². The molecule has 7 nitrogen and oxygen atoms in total. The van der Waals surface area contributed by atoms with E-state index >= 15 is 0 Å². The van der Waals surface area contributed by atoms with Crippen molar-refractivity contribution in [2.45, 2.75) is 12.8 Å². The molecule has 3 aromatic rings. The lowest BCUT2D eigenvalue weighted by Gasteiger charge is -2.21. The lowest BCUT2D eigenvalue weighted by atomic mass is 10.1. The van der Waals surface area contributed by atoms with Gasteiger partial charge >= 0.3 is 0 Å². The number of nitrogens with one attached hydrogen (secondary N) is 2. The van der Waals surface area contributed by atoms with Gasteiger partial charge in [0.05, 0.1) is 23.9 Å². The van der Waals surface area contributed by atoms with Crippen LogP contribution in [0.1, 0.15) is 33.6 Å². The van der Waals surface area contributed by atoms with Gasteiger partial charge in [0.25, 0.3) is 11.8 Å². The maximum atomic E-state index is 13.3. The summed E-state index contributed by atoms with van der Waals surface area (Å²) in [7, 11) is 3.09. The Morgan fingerprint density at radius 3 is 2.53 bits per heavy atom. The Kier molecular flexibility index (Phi) is 5.52. The van der Waals surface area contributed by atoms with Gasteiger partial charge in [0, 0.05) is 31.1 Å². The average molecular weight is 404 g/mol. The molecule has 2 amide bonds. The number of carbonyl (C=O) groups is 2. The van der Waals surface area contributed by atoms with Crippen LogP contribution in [0.5, 0.6) is 5.75 Å². The maximum Gasteiger partial charge on any atom is 0.259 e. The van der Waals surface area contributed by atoms with Gasteiger partial charge in [0.15, 0.2) is 0 Å². The minimum atomic E-state index is -0.289. The van der Waals surface area contributed by atoms with Crippen molar-refractivity contribution in [3.05, 3.63) is 59.7 Å². The lowest BCUT2D eigenvalue weighted by molar-refractivity contribution is 0.0961. The number of aromatic nitrogens is 1. The summed E-state index contributed by atoms with van der Waals surface area (Å²) in [5.74, 6) is 0.637. The molecule has 7 heteroatoms. The third kappa shape index (κ3) is 3.78. The summed E-state index contributed by atoms with van der Waals surface area (Å²) < 4.78 is 5.38. The molecule has 154 valence electrons. The average Bonchev–Trinajstić information content (AvgIpc) is 3.32. The summed E-state index contributed by atoms with van der Waals surface area (Å²) in [4.78, 5) is 32.3. The molecule has 2 heterocycles. The summed E-state index contributed by atoms with van der Waals surface area (Å²) in [5, 5.41) is 6.40. The number of para-hydroxylation sites is 1. The second-order valence-electron chi connectivity index (χ2n) is 7.19. The first-order valence-electron chi connectivity index (χ1n) is 9.97. The second kappa shape index (κ2) is 8.41. The largest absolute Gasteiger partial charge is 0.495 e. The molecule has 1 aliphatic rings. The highest BCUT2D eigenvalue weighted by Crippen LogP contribution is 2.30. The summed E-state index contributed by atoms with van der Waals surface area (Å²) in [6.45, 7) is 1.75. The Morgan fingerprint density at radius 2 is 1.80 bits per heavy atom. The van der Waals surface area contributed by atoms with Gasteiger partial charge in [-0.1, -0.05) is 18.2 Å². The minimum Gasteiger partial charge on any atom is -0.495 e. The molecule has 0 atom stereocenters. The number of ether oxygens (including phenoxy) is 1. The van der Waals surface area contributed by atoms with Crippen molar-refractivity contribution in [3.8, 4) is 5.75 Å². The summed E-state index contributed by atoms with van der Waals surface area (Å²) in [5.41, 5.74) is 2.23. The van der Waals surface area contributed by atoms with Gasteiger partial charge < -0.3 is 20.3 Å². The van der Waals surface area contributed by atoms with E-state index in [1.54, 1.807) is 25.2 Å². The van der Waals surface area contributed by atoms with Crippen LogP contribution < -0.4 is 20.3 Å². The Morgan fingerprint density at radius 1 is 1.03 bits per heavy atom. The van der Waals surface area contributed by atoms with Crippen molar-refractivity contribution < 1.29 is 14.3 Å². The molecule has 1 aromatic heterocycles. The molecule has 0 radical (unpaired) electrons. The van der Waals surface area contributed by atoms with E-state index in [0.29, 0.717) is 28.4 Å². The first kappa shape index (κ1) is 19.7. The van der Waals surface area contributed by atoms with Crippen LogP contribution in [-0.2, 0) is 0 Å². The number of anilines is 2. The van der Waals surface area contributed by atoms with Crippen LogP contribution in [0.15, 0.2) is 48.5 Å². The molecule has 0 unspecified atom stereocenters. The number of hydrogen-bond donors (Lipinski definition) is 2. The van der Waals surface area contributed by atoms with Gasteiger partial charge in [0.1, 0.15) is 11.6 Å². The van der Waals surface area contributed by atoms with E-state index in [-0.39, 0.29) is 11.8 Å². The first-order chi connectivity index (χ1) is 14.6. The van der Waals surface area contributed by atoms with E-state index < -0.39 is 0 Å². The number of benzene rings is 2. The first-order valence-corrected chi connectivity index (χ1v) is 9.97. The minimum absolute atomic E-state index is 0.238. The van der Waals surface area contributed by atoms with E-state index in [1.165, 1.54) is 7.11 Å². The SMILES string of the molecule is CNC(=O)c1ccc(OC)c(NC(=O)c2cc3ccccc3nc2N2CCCC2)c1. The van der Waals surface area contributed by atoms with Crippen LogP contribution in [-0.4, -0.2) is 44.0 Å². The zero-order chi connectivity index (χ0) is 21.1. The van der Waals surface area contributed by atoms with Crippen LogP contribution in [0.2, 0.25) is 0 Å². The number of pyridine rings is 1. The van der Waals surface area contributed by atoms with Crippen molar-refractivity contribution in [1.82, 2.24) is 10.3 Å². The van der Waals surface area contributed by atoms with Crippen LogP contribution >= 0.6 is 0 Å². The Bertz CT molecular complexity index is 1110. The van der Waals surface area contributed by atoms with E-state index in [2.05, 4.69) is 15.5 Å². The normalized spacial score (nSPS) is 13.3. The molecule has 0 bridgehead atoms. The molecular formula is C23H24N4O3. The smallest absolute Gasteiger partial charge is 0.259 e. The number of rotatable bonds is 5. The van der Waals surface area contributed by atoms with Gasteiger partial charge in [-0.3, -0.25) is 9.59 Å². The van der Waals surface area contributed by atoms with Gasteiger partial charge in [-0.15, -0.1) is 0 Å². The van der Waals surface area contributed by atoms with Crippen LogP contribution in [0, 0.1) is 0 Å². The van der Waals surface area contributed by atoms with Crippen molar-refractivity contribution >= 4 is 34.2 Å². The molecule has 4 rings (SSSR count). The van der Waals surface area contributed by atoms with Crippen molar-refractivity contribution in [2.24, 2.45) is 0 Å². The molecule has 0 spiro atoms. The molecule has 0 saturated carbocycles. The highest BCUT2D eigenvalue weighted by molar-refractivity contribution is 6.10. The van der Waals surface area contributed by atoms with Gasteiger partial charge in [-0.05, 0) is 43.2 Å². The number of fused-ring (bicyclic) bond motifs is 1. The third-order valence-corrected chi connectivity index (χ3v) is 5.29. The van der Waals surface area contributed by atoms with E-state index in [0.717, 1.165) is 36.8 Å². The summed E-state index contributed by atoms with van der Waals surface area (Å²) >= 11 is 0. The van der Waals surface area contributed by atoms with Crippen molar-refractivity contribution in [1.29, 1.82) is 0 Å². The van der Waals surface area contributed by atoms with Crippen LogP contribution in [0.4, 0.5) is 11.5 Å². The van der Waals surface area contributed by atoms with Gasteiger partial charge in [0.2, 0.25) is 0 Å². The predicted molar refractivity (Wildman–Crippen MR) is 118 cm³/mol. The molecule has 1 aliphatic heterocycles. The molecule has 2 N–H and O–H groups in total.